The first-order valence-electron chi connectivity index (χ1n) is 20.2. The van der Waals surface area contributed by atoms with E-state index in [0.717, 1.165) is 17.1 Å². The molecule has 0 unspecified atom stereocenters. The fourth-order valence-corrected chi connectivity index (χ4v) is 11.6. The van der Waals surface area contributed by atoms with Crippen molar-refractivity contribution in [3.63, 3.8) is 0 Å². The number of benzene rings is 10. The summed E-state index contributed by atoms with van der Waals surface area (Å²) >= 11 is 0.328. The maximum Gasteiger partial charge on any atom is 0.0541 e. The zero-order chi connectivity index (χ0) is 38.9. The molecule has 276 valence electrons. The number of aromatic nitrogens is 1. The summed E-state index contributed by atoms with van der Waals surface area (Å²) in [5.41, 5.74) is 11.9. The van der Waals surface area contributed by atoms with Gasteiger partial charge in [-0.3, -0.25) is 0 Å². The Morgan fingerprint density at radius 2 is 0.864 bits per heavy atom. The van der Waals surface area contributed by atoms with Gasteiger partial charge in [-0.15, -0.1) is 0 Å². The molecule has 0 radical (unpaired) electrons. The largest absolute Gasteiger partial charge is 0.0602 e. The molecule has 0 saturated heterocycles. The van der Waals surface area contributed by atoms with E-state index in [1.807, 2.05) is 0 Å². The Balaban J connectivity index is 0.976. The van der Waals surface area contributed by atoms with E-state index in [1.165, 1.54) is 90.6 Å². The van der Waals surface area contributed by atoms with Crippen molar-refractivity contribution in [1.29, 1.82) is 0 Å². The van der Waals surface area contributed by atoms with E-state index in [4.69, 9.17) is 0 Å². The van der Waals surface area contributed by atoms with Crippen LogP contribution in [0.1, 0.15) is 0 Å². The van der Waals surface area contributed by atoms with Crippen molar-refractivity contribution < 1.29 is 0 Å². The maximum atomic E-state index is 2.43. The summed E-state index contributed by atoms with van der Waals surface area (Å²) in [6, 6.07) is 80.4. The molecular formula is C56H36N2Se. The number of anilines is 3. The van der Waals surface area contributed by atoms with E-state index in [2.05, 4.69) is 228 Å². The van der Waals surface area contributed by atoms with Gasteiger partial charge in [0.25, 0.3) is 0 Å². The number of nitrogens with zero attached hydrogens (tertiary/aromatic N) is 2. The Labute approximate surface area is 348 Å². The van der Waals surface area contributed by atoms with Crippen LogP contribution in [0.3, 0.4) is 0 Å². The van der Waals surface area contributed by atoms with Gasteiger partial charge >= 0.3 is 215 Å². The van der Waals surface area contributed by atoms with Crippen molar-refractivity contribution >= 4 is 94.2 Å². The van der Waals surface area contributed by atoms with Gasteiger partial charge in [0.2, 0.25) is 0 Å². The van der Waals surface area contributed by atoms with Crippen LogP contribution in [-0.4, -0.2) is 19.1 Å². The van der Waals surface area contributed by atoms with E-state index in [1.54, 1.807) is 0 Å². The predicted octanol–water partition coefficient (Wildman–Crippen LogP) is 15.3. The zero-order valence-electron chi connectivity index (χ0n) is 32.1. The second kappa shape index (κ2) is 13.7. The smallest absolute Gasteiger partial charge is 0.0541 e. The number of para-hydroxylation sites is 2. The van der Waals surface area contributed by atoms with Gasteiger partial charge < -0.3 is 4.57 Å². The minimum absolute atomic E-state index is 0.328. The zero-order valence-corrected chi connectivity index (χ0v) is 33.8. The summed E-state index contributed by atoms with van der Waals surface area (Å²) in [6.07, 6.45) is 0. The average Bonchev–Trinajstić information content (AvgIpc) is 3.85. The standard InChI is InChI=1S/C56H36N2Se/c1-2-13-42(14-3-1)58-52-20-10-8-18-48(52)51-34-39(27-33-53(51)58)37-22-28-43(29-23-37)57(54-35-41-12-4-5-15-45(41)46-16-6-7-17-47(46)54)44-30-24-38(25-31-44)40-26-32-50-49-19-9-11-21-55(49)59-56(50)36-40/h1-36H. The van der Waals surface area contributed by atoms with Crippen molar-refractivity contribution in [2.24, 2.45) is 0 Å². The molecule has 2 heterocycles. The van der Waals surface area contributed by atoms with Crippen LogP contribution in [0.4, 0.5) is 17.1 Å². The van der Waals surface area contributed by atoms with Crippen LogP contribution in [-0.2, 0) is 0 Å². The number of fused-ring (bicyclic) bond motifs is 9. The average molecular weight is 816 g/mol. The topological polar surface area (TPSA) is 8.17 Å². The summed E-state index contributed by atoms with van der Waals surface area (Å²) < 4.78 is 5.31. The monoisotopic (exact) mass is 816 g/mol. The summed E-state index contributed by atoms with van der Waals surface area (Å²) in [6.45, 7) is 0. The molecule has 0 aliphatic heterocycles. The summed E-state index contributed by atoms with van der Waals surface area (Å²) in [4.78, 5) is 2.43. The van der Waals surface area contributed by atoms with Gasteiger partial charge in [-0.25, -0.2) is 0 Å². The Morgan fingerprint density at radius 1 is 0.322 bits per heavy atom. The van der Waals surface area contributed by atoms with Crippen molar-refractivity contribution in [3.05, 3.63) is 218 Å². The Morgan fingerprint density at radius 3 is 1.63 bits per heavy atom. The van der Waals surface area contributed by atoms with Crippen LogP contribution in [0.2, 0.25) is 0 Å². The van der Waals surface area contributed by atoms with Crippen molar-refractivity contribution in [2.45, 2.75) is 0 Å². The summed E-state index contributed by atoms with van der Waals surface area (Å²) in [5.74, 6) is 0. The van der Waals surface area contributed by atoms with Crippen LogP contribution in [0.5, 0.6) is 0 Å². The third kappa shape index (κ3) is 5.62. The molecule has 0 bridgehead atoms. The Bertz CT molecular complexity index is 3540. The van der Waals surface area contributed by atoms with Crippen LogP contribution >= 0.6 is 0 Å². The molecule has 0 N–H and O–H groups in total. The molecule has 12 aromatic rings. The molecule has 0 saturated carbocycles. The number of hydrogen-bond acceptors (Lipinski definition) is 1. The molecule has 0 aliphatic rings. The van der Waals surface area contributed by atoms with E-state index >= 15 is 0 Å². The molecule has 12 rings (SSSR count). The van der Waals surface area contributed by atoms with Crippen molar-refractivity contribution in [3.8, 4) is 27.9 Å². The van der Waals surface area contributed by atoms with Crippen molar-refractivity contribution in [1.82, 2.24) is 4.57 Å². The van der Waals surface area contributed by atoms with Gasteiger partial charge in [-0.1, -0.05) is 66.7 Å². The van der Waals surface area contributed by atoms with E-state index < -0.39 is 0 Å². The van der Waals surface area contributed by atoms with Gasteiger partial charge in [-0.2, -0.15) is 0 Å². The molecule has 0 atom stereocenters. The number of hydrogen-bond donors (Lipinski definition) is 0. The minimum atomic E-state index is 0.328. The first kappa shape index (κ1) is 33.9. The second-order valence-corrected chi connectivity index (χ2v) is 17.6. The molecular weight excluding hydrogens is 780 g/mol. The van der Waals surface area contributed by atoms with Gasteiger partial charge in [-0.05, 0) is 35.9 Å². The minimum Gasteiger partial charge on any atom is -0.0602 e. The van der Waals surface area contributed by atoms with Gasteiger partial charge in [0.05, 0.1) is 11.0 Å². The molecule has 59 heavy (non-hydrogen) atoms. The molecule has 0 amide bonds. The third-order valence-electron chi connectivity index (χ3n) is 12.0. The van der Waals surface area contributed by atoms with Crippen LogP contribution < -0.4 is 4.90 Å². The fourth-order valence-electron chi connectivity index (χ4n) is 9.17. The summed E-state index contributed by atoms with van der Waals surface area (Å²) in [5, 5.41) is 10.3. The fraction of sp³-hybridized carbons (Fsp3) is 0. The normalized spacial score (nSPS) is 11.7. The second-order valence-electron chi connectivity index (χ2n) is 15.3. The third-order valence-corrected chi connectivity index (χ3v) is 14.3. The van der Waals surface area contributed by atoms with E-state index in [-0.39, 0.29) is 0 Å². The van der Waals surface area contributed by atoms with Crippen LogP contribution in [0, 0.1) is 0 Å². The SMILES string of the molecule is c1ccc(-n2c3ccccc3c3cc(-c4ccc(N(c5ccc(-c6ccc7c(c6)[se]c6ccccc67)cc5)c5cc6ccccc6c6ccccc56)cc4)ccc32)cc1. The van der Waals surface area contributed by atoms with Gasteiger partial charge in [0.1, 0.15) is 0 Å². The van der Waals surface area contributed by atoms with Crippen molar-refractivity contribution in [2.75, 3.05) is 4.90 Å². The Kier molecular flexibility index (Phi) is 7.91. The van der Waals surface area contributed by atoms with Crippen LogP contribution in [0.25, 0.3) is 90.6 Å². The number of rotatable bonds is 6. The maximum absolute atomic E-state index is 2.43. The summed E-state index contributed by atoms with van der Waals surface area (Å²) in [7, 11) is 0. The van der Waals surface area contributed by atoms with Crippen LogP contribution in [0.15, 0.2) is 218 Å². The molecule has 2 aromatic heterocycles. The predicted molar refractivity (Wildman–Crippen MR) is 253 cm³/mol. The molecule has 2 nitrogen and oxygen atoms in total. The van der Waals surface area contributed by atoms with Gasteiger partial charge in [0, 0.05) is 16.5 Å². The quantitative estimate of drug-likeness (QED) is 0.120. The van der Waals surface area contributed by atoms with E-state index in [0.29, 0.717) is 14.5 Å². The Hall–Kier alpha value is -7.16. The molecule has 0 spiro atoms. The molecule has 10 aromatic carbocycles. The van der Waals surface area contributed by atoms with E-state index in [9.17, 15) is 0 Å². The van der Waals surface area contributed by atoms with Gasteiger partial charge in [0.15, 0.2) is 0 Å². The first-order chi connectivity index (χ1) is 29.2. The first-order valence-corrected chi connectivity index (χ1v) is 21.9. The molecule has 3 heteroatoms. The molecule has 0 fully saturated rings. The molecule has 0 aliphatic carbocycles.